The number of aromatic nitrogens is 3. The summed E-state index contributed by atoms with van der Waals surface area (Å²) in [5.74, 6) is 1.21. The molecule has 7 nitrogen and oxygen atoms in total. The maximum Gasteiger partial charge on any atom is 0.226 e. The Bertz CT molecular complexity index is 1200. The first kappa shape index (κ1) is 20.3. The molecule has 2 aliphatic heterocycles. The van der Waals surface area contributed by atoms with Crippen molar-refractivity contribution >= 4 is 33.3 Å². The summed E-state index contributed by atoms with van der Waals surface area (Å²) >= 11 is 1.68. The Labute approximate surface area is 186 Å². The molecule has 0 N–H and O–H groups in total. The van der Waals surface area contributed by atoms with E-state index in [9.17, 15) is 4.79 Å². The number of piperidine rings is 1. The van der Waals surface area contributed by atoms with Crippen molar-refractivity contribution < 1.29 is 4.79 Å². The van der Waals surface area contributed by atoms with Crippen molar-refractivity contribution in [2.75, 3.05) is 26.7 Å². The number of amides is 1. The van der Waals surface area contributed by atoms with Gasteiger partial charge in [-0.1, -0.05) is 0 Å². The van der Waals surface area contributed by atoms with Crippen LogP contribution in [0.3, 0.4) is 0 Å². The third-order valence-corrected chi connectivity index (χ3v) is 7.74. The highest BCUT2D eigenvalue weighted by molar-refractivity contribution is 7.19. The van der Waals surface area contributed by atoms with Gasteiger partial charge in [-0.15, -0.1) is 11.3 Å². The van der Waals surface area contributed by atoms with Gasteiger partial charge in [-0.3, -0.25) is 4.79 Å². The van der Waals surface area contributed by atoms with Gasteiger partial charge in [-0.05, 0) is 64.0 Å². The molecule has 3 aromatic rings. The van der Waals surface area contributed by atoms with Crippen LogP contribution in [0, 0.1) is 12.8 Å². The number of carbonyl (C=O) groups is 1. The molecule has 2 aliphatic rings. The van der Waals surface area contributed by atoms with Crippen LogP contribution < -0.4 is 5.36 Å². The van der Waals surface area contributed by atoms with Crippen molar-refractivity contribution in [1.82, 2.24) is 24.3 Å². The number of likely N-dealkylation sites (tertiary alicyclic amines) is 1. The molecule has 0 saturated carbocycles. The van der Waals surface area contributed by atoms with E-state index in [0.717, 1.165) is 66.0 Å². The van der Waals surface area contributed by atoms with E-state index in [0.29, 0.717) is 12.5 Å². The molecule has 31 heavy (non-hydrogen) atoms. The first-order valence-electron chi connectivity index (χ1n) is 10.9. The minimum atomic E-state index is 0.167. The van der Waals surface area contributed by atoms with Crippen molar-refractivity contribution in [2.24, 2.45) is 18.0 Å². The molecule has 8 heteroatoms. The highest BCUT2D eigenvalue weighted by Gasteiger charge is 2.31. The number of rotatable bonds is 2. The molecule has 1 amide bonds. The van der Waals surface area contributed by atoms with Crippen LogP contribution in [0.1, 0.15) is 29.0 Å². The zero-order valence-electron chi connectivity index (χ0n) is 18.3. The van der Waals surface area contributed by atoms with E-state index in [-0.39, 0.29) is 5.92 Å². The molecule has 5 rings (SSSR count). The lowest BCUT2D eigenvalue weighted by molar-refractivity contribution is -0.137. The van der Waals surface area contributed by atoms with E-state index in [4.69, 9.17) is 4.99 Å². The SMILES string of the molecule is Cc1cc(=Nc2ncnc3sc4c(c23)CCN(C(=O)C2CCN(C)CC2)C4)ccn1C. The van der Waals surface area contributed by atoms with Gasteiger partial charge in [0.15, 0.2) is 5.82 Å². The van der Waals surface area contributed by atoms with Crippen molar-refractivity contribution in [3.8, 4) is 0 Å². The average molecular weight is 437 g/mol. The summed E-state index contributed by atoms with van der Waals surface area (Å²) in [5.41, 5.74) is 2.41. The first-order chi connectivity index (χ1) is 15.0. The minimum Gasteiger partial charge on any atom is -0.355 e. The van der Waals surface area contributed by atoms with Crippen molar-refractivity contribution in [2.45, 2.75) is 32.7 Å². The first-order valence-corrected chi connectivity index (χ1v) is 11.7. The second kappa shape index (κ2) is 8.16. The van der Waals surface area contributed by atoms with E-state index in [1.807, 2.05) is 19.3 Å². The van der Waals surface area contributed by atoms with Crippen LogP contribution in [-0.4, -0.2) is 56.9 Å². The van der Waals surface area contributed by atoms with Crippen LogP contribution in [0.2, 0.25) is 0 Å². The van der Waals surface area contributed by atoms with E-state index in [1.165, 1.54) is 10.4 Å². The second-order valence-electron chi connectivity index (χ2n) is 8.72. The minimum absolute atomic E-state index is 0.167. The molecule has 1 fully saturated rings. The van der Waals surface area contributed by atoms with Gasteiger partial charge < -0.3 is 14.4 Å². The summed E-state index contributed by atoms with van der Waals surface area (Å²) in [4.78, 5) is 33.5. The van der Waals surface area contributed by atoms with Gasteiger partial charge in [0.1, 0.15) is 11.2 Å². The molecule has 1 saturated heterocycles. The third kappa shape index (κ3) is 3.90. The zero-order valence-corrected chi connectivity index (χ0v) is 19.2. The monoisotopic (exact) mass is 436 g/mol. The van der Waals surface area contributed by atoms with E-state index in [1.54, 1.807) is 17.7 Å². The van der Waals surface area contributed by atoms with E-state index in [2.05, 4.69) is 44.4 Å². The van der Waals surface area contributed by atoms with E-state index < -0.39 is 0 Å². The molecule has 0 radical (unpaired) electrons. The number of hydrogen-bond donors (Lipinski definition) is 0. The fourth-order valence-corrected chi connectivity index (χ4v) is 5.76. The molecule has 0 spiro atoms. The number of fused-ring (bicyclic) bond motifs is 3. The van der Waals surface area contributed by atoms with Gasteiger partial charge in [0.25, 0.3) is 0 Å². The Hall–Kier alpha value is -2.58. The van der Waals surface area contributed by atoms with Crippen LogP contribution in [0.5, 0.6) is 0 Å². The van der Waals surface area contributed by atoms with Gasteiger partial charge >= 0.3 is 0 Å². The predicted octanol–water partition coefficient (Wildman–Crippen LogP) is 2.80. The zero-order chi connectivity index (χ0) is 21.5. The van der Waals surface area contributed by atoms with Crippen molar-refractivity contribution in [3.05, 3.63) is 46.1 Å². The third-order valence-electron chi connectivity index (χ3n) is 6.61. The second-order valence-corrected chi connectivity index (χ2v) is 9.80. The Balaban J connectivity index is 1.45. The summed E-state index contributed by atoms with van der Waals surface area (Å²) in [6, 6.07) is 4.07. The maximum atomic E-state index is 13.1. The number of hydrogen-bond acceptors (Lipinski definition) is 6. The highest BCUT2D eigenvalue weighted by Crippen LogP contribution is 2.38. The molecular weight excluding hydrogens is 408 g/mol. The van der Waals surface area contributed by atoms with Gasteiger partial charge in [-0.2, -0.15) is 0 Å². The fraction of sp³-hybridized carbons (Fsp3) is 0.478. The van der Waals surface area contributed by atoms with Gasteiger partial charge in [0.2, 0.25) is 5.91 Å². The molecule has 0 aliphatic carbocycles. The van der Waals surface area contributed by atoms with Crippen molar-refractivity contribution in [1.29, 1.82) is 0 Å². The summed E-state index contributed by atoms with van der Waals surface area (Å²) in [6.07, 6.45) is 6.39. The average Bonchev–Trinajstić information content (AvgIpc) is 3.15. The smallest absolute Gasteiger partial charge is 0.226 e. The predicted molar refractivity (Wildman–Crippen MR) is 122 cm³/mol. The number of thiophene rings is 1. The Morgan fingerprint density at radius 2 is 2.00 bits per heavy atom. The lowest BCUT2D eigenvalue weighted by Crippen LogP contribution is -2.43. The molecule has 0 aromatic carbocycles. The molecule has 162 valence electrons. The summed E-state index contributed by atoms with van der Waals surface area (Å²) in [5, 5.41) is 1.95. The van der Waals surface area contributed by atoms with Gasteiger partial charge in [0.05, 0.1) is 17.3 Å². The van der Waals surface area contributed by atoms with Crippen LogP contribution in [0.4, 0.5) is 5.82 Å². The Morgan fingerprint density at radius 1 is 1.19 bits per heavy atom. The van der Waals surface area contributed by atoms with Crippen LogP contribution >= 0.6 is 11.3 Å². The normalized spacial score (nSPS) is 18.5. The number of carbonyl (C=O) groups excluding carboxylic acids is 1. The fourth-order valence-electron chi connectivity index (χ4n) is 4.56. The standard InChI is InChI=1S/C23H28N6OS/c1-15-12-17(6-10-28(15)3)26-21-20-18-7-11-29(13-19(18)31-22(20)25-14-24-21)23(30)16-4-8-27(2)9-5-16/h6,10,12,14,16H,4-5,7-9,11,13H2,1-3H3. The maximum absolute atomic E-state index is 13.1. The number of aryl methyl sites for hydroxylation is 2. The highest BCUT2D eigenvalue weighted by atomic mass is 32.1. The molecule has 0 atom stereocenters. The quantitative estimate of drug-likeness (QED) is 0.620. The molecule has 3 aromatic heterocycles. The van der Waals surface area contributed by atoms with Crippen LogP contribution in [0.25, 0.3) is 10.2 Å². The molecular formula is C23H28N6OS. The van der Waals surface area contributed by atoms with Crippen molar-refractivity contribution in [3.63, 3.8) is 0 Å². The topological polar surface area (TPSA) is 66.6 Å². The number of nitrogens with zero attached hydrogens (tertiary/aromatic N) is 6. The lowest BCUT2D eigenvalue weighted by atomic mass is 9.94. The van der Waals surface area contributed by atoms with Gasteiger partial charge in [-0.25, -0.2) is 15.0 Å². The Morgan fingerprint density at radius 3 is 2.77 bits per heavy atom. The number of pyridine rings is 1. The lowest BCUT2D eigenvalue weighted by Gasteiger charge is -2.34. The molecule has 5 heterocycles. The molecule has 0 unspecified atom stereocenters. The Kier molecular flexibility index (Phi) is 5.35. The largest absolute Gasteiger partial charge is 0.355 e. The van der Waals surface area contributed by atoms with Crippen LogP contribution in [-0.2, 0) is 24.8 Å². The van der Waals surface area contributed by atoms with Gasteiger partial charge in [0, 0.05) is 36.3 Å². The van der Waals surface area contributed by atoms with E-state index >= 15 is 0 Å². The summed E-state index contributed by atoms with van der Waals surface area (Å²) in [7, 11) is 4.15. The molecule has 0 bridgehead atoms. The summed E-state index contributed by atoms with van der Waals surface area (Å²) in [6.45, 7) is 5.53. The summed E-state index contributed by atoms with van der Waals surface area (Å²) < 4.78 is 2.07. The van der Waals surface area contributed by atoms with Crippen LogP contribution in [0.15, 0.2) is 29.6 Å².